The minimum absolute atomic E-state index is 0.259. The van der Waals surface area contributed by atoms with E-state index < -0.39 is 37.4 Å². The Hall–Kier alpha value is -4.06. The quantitative estimate of drug-likeness (QED) is 0.227. The SMILES string of the molecule is CCS(=O)(=O)C1(O)C=C([N+](=O)[O-])C=CC1N.Nc1c(-c2ccccc2C(=O)O)ccc2ccccc12. The molecule has 0 aromatic heterocycles. The maximum Gasteiger partial charge on any atom is 0.336 e. The Labute approximate surface area is 207 Å². The Morgan fingerprint density at radius 1 is 1.08 bits per heavy atom. The summed E-state index contributed by atoms with van der Waals surface area (Å²) in [6, 6.07) is 17.3. The van der Waals surface area contributed by atoms with Gasteiger partial charge < -0.3 is 21.7 Å². The summed E-state index contributed by atoms with van der Waals surface area (Å²) in [5.74, 6) is -1.31. The summed E-state index contributed by atoms with van der Waals surface area (Å²) < 4.78 is 23.2. The molecule has 36 heavy (non-hydrogen) atoms. The van der Waals surface area contributed by atoms with Crippen LogP contribution in [0.3, 0.4) is 0 Å². The molecule has 6 N–H and O–H groups in total. The van der Waals surface area contributed by atoms with Crippen molar-refractivity contribution in [2.75, 3.05) is 11.5 Å². The van der Waals surface area contributed by atoms with Crippen LogP contribution in [0, 0.1) is 10.1 Å². The maximum absolute atomic E-state index is 11.6. The van der Waals surface area contributed by atoms with Crippen LogP contribution in [-0.2, 0) is 9.84 Å². The van der Waals surface area contributed by atoms with E-state index in [4.69, 9.17) is 11.5 Å². The number of allylic oxidation sites excluding steroid dienone is 1. The number of nitrogens with zero attached hydrogens (tertiary/aromatic N) is 1. The molecular formula is C25H25N3O7S. The molecule has 2 atom stereocenters. The van der Waals surface area contributed by atoms with E-state index in [1.165, 1.54) is 6.92 Å². The Morgan fingerprint density at radius 3 is 2.36 bits per heavy atom. The average Bonchev–Trinajstić information content (AvgIpc) is 2.86. The molecule has 11 heteroatoms. The van der Waals surface area contributed by atoms with Crippen LogP contribution < -0.4 is 11.5 Å². The number of carboxylic acid groups (broad SMARTS) is 1. The van der Waals surface area contributed by atoms with Gasteiger partial charge in [-0.25, -0.2) is 13.2 Å². The van der Waals surface area contributed by atoms with Crippen LogP contribution >= 0.6 is 0 Å². The van der Waals surface area contributed by atoms with Gasteiger partial charge in [0.1, 0.15) is 0 Å². The number of anilines is 1. The van der Waals surface area contributed by atoms with Crippen LogP contribution in [-0.4, -0.2) is 46.3 Å². The van der Waals surface area contributed by atoms with Gasteiger partial charge in [0.25, 0.3) is 5.70 Å². The van der Waals surface area contributed by atoms with Gasteiger partial charge in [-0.2, -0.15) is 0 Å². The van der Waals surface area contributed by atoms with Crippen molar-refractivity contribution in [3.8, 4) is 11.1 Å². The number of rotatable bonds is 5. The maximum atomic E-state index is 11.6. The molecule has 2 unspecified atom stereocenters. The monoisotopic (exact) mass is 511 g/mol. The summed E-state index contributed by atoms with van der Waals surface area (Å²) in [6.45, 7) is 1.33. The van der Waals surface area contributed by atoms with E-state index in [-0.39, 0.29) is 11.3 Å². The smallest absolute Gasteiger partial charge is 0.336 e. The van der Waals surface area contributed by atoms with E-state index in [1.807, 2.05) is 42.5 Å². The number of aromatic carboxylic acids is 1. The average molecular weight is 512 g/mol. The lowest BCUT2D eigenvalue weighted by molar-refractivity contribution is -0.420. The van der Waals surface area contributed by atoms with Crippen molar-refractivity contribution < 1.29 is 28.3 Å². The zero-order chi connectivity index (χ0) is 26.7. The number of sulfone groups is 1. The number of nitrogens with two attached hydrogens (primary N) is 2. The van der Waals surface area contributed by atoms with Crippen molar-refractivity contribution in [1.82, 2.24) is 0 Å². The van der Waals surface area contributed by atoms with Crippen LogP contribution in [0.2, 0.25) is 0 Å². The fraction of sp³-hybridized carbons (Fsp3) is 0.160. The summed E-state index contributed by atoms with van der Waals surface area (Å²) in [7, 11) is -3.94. The Balaban J connectivity index is 0.000000207. The number of aliphatic hydroxyl groups is 1. The van der Waals surface area contributed by atoms with E-state index >= 15 is 0 Å². The summed E-state index contributed by atoms with van der Waals surface area (Å²) in [4.78, 5) is 18.6. The molecule has 0 radical (unpaired) electrons. The van der Waals surface area contributed by atoms with E-state index in [9.17, 15) is 33.5 Å². The third kappa shape index (κ3) is 4.98. The number of nitro groups is 1. The Morgan fingerprint density at radius 2 is 1.72 bits per heavy atom. The third-order valence-electron chi connectivity index (χ3n) is 5.81. The van der Waals surface area contributed by atoms with Crippen LogP contribution in [0.1, 0.15) is 17.3 Å². The topological polar surface area (TPSA) is 187 Å². The van der Waals surface area contributed by atoms with Crippen LogP contribution in [0.15, 0.2) is 84.6 Å². The zero-order valence-corrected chi connectivity index (χ0v) is 20.1. The predicted octanol–water partition coefficient (Wildman–Crippen LogP) is 2.95. The minimum Gasteiger partial charge on any atom is -0.478 e. The number of fused-ring (bicyclic) bond motifs is 1. The molecule has 3 aromatic carbocycles. The summed E-state index contributed by atoms with van der Waals surface area (Å²) >= 11 is 0. The predicted molar refractivity (Wildman–Crippen MR) is 137 cm³/mol. The van der Waals surface area contributed by atoms with Gasteiger partial charge in [-0.3, -0.25) is 10.1 Å². The first kappa shape index (κ1) is 26.5. The van der Waals surface area contributed by atoms with Gasteiger partial charge in [-0.05, 0) is 17.0 Å². The van der Waals surface area contributed by atoms with Gasteiger partial charge in [-0.1, -0.05) is 67.6 Å². The van der Waals surface area contributed by atoms with Crippen molar-refractivity contribution in [2.45, 2.75) is 17.9 Å². The molecule has 0 saturated heterocycles. The highest BCUT2D eigenvalue weighted by Gasteiger charge is 2.47. The molecule has 0 aliphatic heterocycles. The van der Waals surface area contributed by atoms with Crippen molar-refractivity contribution in [2.24, 2.45) is 5.73 Å². The highest BCUT2D eigenvalue weighted by Crippen LogP contribution is 2.34. The van der Waals surface area contributed by atoms with Gasteiger partial charge in [0.15, 0.2) is 9.84 Å². The number of hydrogen-bond acceptors (Lipinski definition) is 8. The molecule has 0 spiro atoms. The molecule has 1 aliphatic rings. The lowest BCUT2D eigenvalue weighted by atomic mass is 9.95. The standard InChI is InChI=1S/C17H13NO2.C8H12N2O5S/c18-16-12-6-2-1-5-11(12)9-10-14(16)13-7-3-4-8-15(13)17(19)20;1-2-16(14,15)8(11)5-6(10(12)13)3-4-7(8)9/h1-10H,18H2,(H,19,20);3-5,7,11H,2,9H2,1H3. The number of benzene rings is 3. The van der Waals surface area contributed by atoms with Crippen molar-refractivity contribution in [3.05, 3.63) is 100 Å². The third-order valence-corrected chi connectivity index (χ3v) is 7.96. The van der Waals surface area contributed by atoms with E-state index in [0.717, 1.165) is 28.5 Å². The van der Waals surface area contributed by atoms with Gasteiger partial charge >= 0.3 is 5.97 Å². The molecular weight excluding hydrogens is 486 g/mol. The number of carbonyl (C=O) groups is 1. The largest absolute Gasteiger partial charge is 0.478 e. The second-order valence-corrected chi connectivity index (χ2v) is 10.4. The number of carboxylic acids is 1. The molecule has 0 heterocycles. The summed E-state index contributed by atoms with van der Waals surface area (Å²) in [5.41, 5.74) is 13.5. The Kier molecular flexibility index (Phi) is 7.58. The number of hydrogen-bond donors (Lipinski definition) is 4. The molecule has 0 fully saturated rings. The summed E-state index contributed by atoms with van der Waals surface area (Å²) in [5, 5.41) is 31.7. The lowest BCUT2D eigenvalue weighted by Gasteiger charge is -2.29. The molecule has 0 saturated carbocycles. The van der Waals surface area contributed by atoms with Gasteiger partial charge in [0.2, 0.25) is 4.93 Å². The van der Waals surface area contributed by atoms with Crippen molar-refractivity contribution >= 4 is 32.3 Å². The van der Waals surface area contributed by atoms with Crippen LogP contribution in [0.25, 0.3) is 21.9 Å². The highest BCUT2D eigenvalue weighted by molar-refractivity contribution is 7.92. The number of nitrogen functional groups attached to an aromatic ring is 1. The first-order valence-corrected chi connectivity index (χ1v) is 12.4. The van der Waals surface area contributed by atoms with Gasteiger partial charge in [0.05, 0.1) is 22.3 Å². The molecule has 1 aliphatic carbocycles. The van der Waals surface area contributed by atoms with E-state index in [0.29, 0.717) is 17.3 Å². The van der Waals surface area contributed by atoms with Crippen molar-refractivity contribution in [1.29, 1.82) is 0 Å². The van der Waals surface area contributed by atoms with Crippen LogP contribution in [0.5, 0.6) is 0 Å². The lowest BCUT2D eigenvalue weighted by Crippen LogP contribution is -2.53. The second-order valence-electron chi connectivity index (χ2n) is 7.97. The fourth-order valence-electron chi connectivity index (χ4n) is 3.77. The molecule has 0 amide bonds. The molecule has 10 nitrogen and oxygen atoms in total. The van der Waals surface area contributed by atoms with E-state index in [1.54, 1.807) is 18.2 Å². The van der Waals surface area contributed by atoms with Gasteiger partial charge in [-0.15, -0.1) is 0 Å². The van der Waals surface area contributed by atoms with Crippen molar-refractivity contribution in [3.63, 3.8) is 0 Å². The fourth-order valence-corrected chi connectivity index (χ4v) is 5.03. The minimum atomic E-state index is -3.94. The molecule has 0 bridgehead atoms. The van der Waals surface area contributed by atoms with Crippen LogP contribution in [0.4, 0.5) is 5.69 Å². The van der Waals surface area contributed by atoms with E-state index in [2.05, 4.69) is 0 Å². The van der Waals surface area contributed by atoms with Gasteiger partial charge in [0, 0.05) is 28.8 Å². The zero-order valence-electron chi connectivity index (χ0n) is 19.2. The highest BCUT2D eigenvalue weighted by atomic mass is 32.2. The first-order chi connectivity index (χ1) is 16.9. The first-order valence-electron chi connectivity index (χ1n) is 10.8. The molecule has 4 rings (SSSR count). The molecule has 188 valence electrons. The Bertz CT molecular complexity index is 1500. The normalized spacial score (nSPS) is 19.2. The summed E-state index contributed by atoms with van der Waals surface area (Å²) in [6.07, 6.45) is 2.85. The molecule has 3 aromatic rings. The second kappa shape index (κ2) is 10.3.